The Morgan fingerprint density at radius 3 is 2.45 bits per heavy atom. The molecule has 0 aromatic heterocycles. The summed E-state index contributed by atoms with van der Waals surface area (Å²) in [5.74, 6) is 0.933. The van der Waals surface area contributed by atoms with Crippen molar-refractivity contribution in [2.45, 2.75) is 39.0 Å². The molecule has 1 saturated carbocycles. The first-order chi connectivity index (χ1) is 5.43. The number of rotatable bonds is 4. The van der Waals surface area contributed by atoms with Crippen molar-refractivity contribution >= 4 is 0 Å². The zero-order valence-corrected chi connectivity index (χ0v) is 7.53. The van der Waals surface area contributed by atoms with Gasteiger partial charge in [0.2, 0.25) is 0 Å². The number of hydrogen-bond donors (Lipinski definition) is 2. The molecule has 0 heterocycles. The Bertz CT molecular complexity index is 87.6. The van der Waals surface area contributed by atoms with Crippen LogP contribution in [0.1, 0.15) is 39.0 Å². The fourth-order valence-corrected chi connectivity index (χ4v) is 1.73. The molecular weight excluding hydrogens is 136 g/mol. The summed E-state index contributed by atoms with van der Waals surface area (Å²) >= 11 is 0. The Labute approximate surface area is 69.7 Å². The van der Waals surface area contributed by atoms with E-state index in [4.69, 9.17) is 0 Å². The molecular formula is C9H20N2. The third-order valence-corrected chi connectivity index (χ3v) is 2.42. The molecule has 0 saturated heterocycles. The van der Waals surface area contributed by atoms with Crippen molar-refractivity contribution in [3.63, 3.8) is 0 Å². The van der Waals surface area contributed by atoms with E-state index >= 15 is 0 Å². The summed E-state index contributed by atoms with van der Waals surface area (Å²) < 4.78 is 0. The summed E-state index contributed by atoms with van der Waals surface area (Å²) in [5, 5.41) is 0. The van der Waals surface area contributed by atoms with E-state index in [1.807, 2.05) is 0 Å². The Hall–Kier alpha value is -0.0800. The fourth-order valence-electron chi connectivity index (χ4n) is 1.73. The highest BCUT2D eigenvalue weighted by Gasteiger charge is 2.11. The van der Waals surface area contributed by atoms with Gasteiger partial charge in [0.05, 0.1) is 0 Å². The van der Waals surface area contributed by atoms with Gasteiger partial charge in [0.1, 0.15) is 0 Å². The first kappa shape index (κ1) is 9.01. The van der Waals surface area contributed by atoms with Crippen LogP contribution in [0.15, 0.2) is 0 Å². The zero-order chi connectivity index (χ0) is 7.94. The molecule has 0 aliphatic heterocycles. The normalized spacial score (nSPS) is 20.5. The lowest BCUT2D eigenvalue weighted by Gasteiger charge is -2.21. The van der Waals surface area contributed by atoms with Crippen LogP contribution in [-0.2, 0) is 0 Å². The molecule has 0 radical (unpaired) electrons. The first-order valence-corrected chi connectivity index (χ1v) is 4.89. The van der Waals surface area contributed by atoms with Gasteiger partial charge in [-0.2, -0.15) is 0 Å². The van der Waals surface area contributed by atoms with Gasteiger partial charge < -0.3 is 0 Å². The van der Waals surface area contributed by atoms with E-state index in [9.17, 15) is 0 Å². The van der Waals surface area contributed by atoms with Gasteiger partial charge in [0.25, 0.3) is 0 Å². The highest BCUT2D eigenvalue weighted by atomic mass is 15.3. The summed E-state index contributed by atoms with van der Waals surface area (Å²) in [5.41, 5.74) is 6.40. The van der Waals surface area contributed by atoms with Crippen molar-refractivity contribution in [2.75, 3.05) is 13.1 Å². The van der Waals surface area contributed by atoms with Gasteiger partial charge in [-0.15, -0.1) is 0 Å². The van der Waals surface area contributed by atoms with Crippen LogP contribution in [0.4, 0.5) is 0 Å². The third-order valence-electron chi connectivity index (χ3n) is 2.42. The van der Waals surface area contributed by atoms with Gasteiger partial charge >= 0.3 is 0 Å². The predicted octanol–water partition coefficient (Wildman–Crippen LogP) is 1.68. The maximum atomic E-state index is 3.25. The third kappa shape index (κ3) is 3.73. The summed E-state index contributed by atoms with van der Waals surface area (Å²) in [7, 11) is 0. The van der Waals surface area contributed by atoms with Crippen LogP contribution in [0.25, 0.3) is 0 Å². The van der Waals surface area contributed by atoms with Crippen LogP contribution in [0.2, 0.25) is 0 Å². The minimum absolute atomic E-state index is 0.933. The minimum Gasteiger partial charge on any atom is -0.258 e. The maximum absolute atomic E-state index is 3.25. The Kier molecular flexibility index (Phi) is 4.55. The van der Waals surface area contributed by atoms with Gasteiger partial charge in [-0.1, -0.05) is 26.2 Å². The van der Waals surface area contributed by atoms with Crippen molar-refractivity contribution in [1.29, 1.82) is 0 Å². The van der Waals surface area contributed by atoms with Crippen LogP contribution in [0, 0.1) is 5.92 Å². The van der Waals surface area contributed by atoms with Gasteiger partial charge in [0, 0.05) is 13.1 Å². The number of hydrazine groups is 1. The molecule has 0 unspecified atom stereocenters. The number of nitrogens with one attached hydrogen (secondary N) is 2. The summed E-state index contributed by atoms with van der Waals surface area (Å²) in [6.45, 7) is 4.30. The van der Waals surface area contributed by atoms with Crippen molar-refractivity contribution in [2.24, 2.45) is 5.92 Å². The lowest BCUT2D eigenvalue weighted by molar-refractivity contribution is 0.327. The molecule has 0 atom stereocenters. The lowest BCUT2D eigenvalue weighted by Crippen LogP contribution is -2.36. The smallest absolute Gasteiger partial charge is 0.0128 e. The van der Waals surface area contributed by atoms with Gasteiger partial charge in [0.15, 0.2) is 0 Å². The molecule has 1 fully saturated rings. The zero-order valence-electron chi connectivity index (χ0n) is 7.53. The number of hydrogen-bond acceptors (Lipinski definition) is 2. The Morgan fingerprint density at radius 2 is 1.82 bits per heavy atom. The van der Waals surface area contributed by atoms with Gasteiger partial charge in [-0.25, -0.2) is 0 Å². The molecule has 0 aromatic carbocycles. The topological polar surface area (TPSA) is 24.1 Å². The largest absolute Gasteiger partial charge is 0.258 e. The van der Waals surface area contributed by atoms with Crippen molar-refractivity contribution in [1.82, 2.24) is 10.9 Å². The average Bonchev–Trinajstić information content (AvgIpc) is 2.07. The van der Waals surface area contributed by atoms with E-state index in [-0.39, 0.29) is 0 Å². The Morgan fingerprint density at radius 1 is 1.09 bits per heavy atom. The van der Waals surface area contributed by atoms with E-state index in [1.165, 1.54) is 32.1 Å². The standard InChI is InChI=1S/C9H20N2/c1-2-10-11-8-9-6-4-3-5-7-9/h9-11H,2-8H2,1H3. The van der Waals surface area contributed by atoms with E-state index in [0.717, 1.165) is 19.0 Å². The lowest BCUT2D eigenvalue weighted by atomic mass is 9.89. The minimum atomic E-state index is 0.933. The van der Waals surface area contributed by atoms with E-state index in [2.05, 4.69) is 17.8 Å². The van der Waals surface area contributed by atoms with Crippen molar-refractivity contribution < 1.29 is 0 Å². The first-order valence-electron chi connectivity index (χ1n) is 4.89. The van der Waals surface area contributed by atoms with Crippen molar-refractivity contribution in [3.8, 4) is 0 Å². The molecule has 1 aliphatic carbocycles. The molecule has 66 valence electrons. The second-order valence-corrected chi connectivity index (χ2v) is 3.42. The molecule has 0 amide bonds. The average molecular weight is 156 g/mol. The second-order valence-electron chi connectivity index (χ2n) is 3.42. The quantitative estimate of drug-likeness (QED) is 0.478. The highest BCUT2D eigenvalue weighted by molar-refractivity contribution is 4.66. The van der Waals surface area contributed by atoms with Crippen LogP contribution >= 0.6 is 0 Å². The SMILES string of the molecule is CCNNCC1CCCCC1. The van der Waals surface area contributed by atoms with E-state index < -0.39 is 0 Å². The monoisotopic (exact) mass is 156 g/mol. The van der Waals surface area contributed by atoms with Crippen LogP contribution in [-0.4, -0.2) is 13.1 Å². The molecule has 0 bridgehead atoms. The summed E-state index contributed by atoms with van der Waals surface area (Å²) in [6, 6.07) is 0. The molecule has 1 rings (SSSR count). The molecule has 2 nitrogen and oxygen atoms in total. The van der Waals surface area contributed by atoms with E-state index in [0.29, 0.717) is 0 Å². The van der Waals surface area contributed by atoms with Gasteiger partial charge in [-0.3, -0.25) is 10.9 Å². The van der Waals surface area contributed by atoms with E-state index in [1.54, 1.807) is 0 Å². The van der Waals surface area contributed by atoms with Crippen LogP contribution in [0.5, 0.6) is 0 Å². The molecule has 0 aromatic rings. The molecule has 1 aliphatic rings. The maximum Gasteiger partial charge on any atom is 0.0128 e. The molecule has 0 spiro atoms. The second kappa shape index (κ2) is 5.56. The molecule has 2 heteroatoms. The van der Waals surface area contributed by atoms with Gasteiger partial charge in [-0.05, 0) is 18.8 Å². The van der Waals surface area contributed by atoms with Crippen LogP contribution in [0.3, 0.4) is 0 Å². The summed E-state index contributed by atoms with van der Waals surface area (Å²) in [6.07, 6.45) is 7.20. The predicted molar refractivity (Wildman–Crippen MR) is 48.3 cm³/mol. The highest BCUT2D eigenvalue weighted by Crippen LogP contribution is 2.22. The molecule has 11 heavy (non-hydrogen) atoms. The van der Waals surface area contributed by atoms with Crippen LogP contribution < -0.4 is 10.9 Å². The molecule has 2 N–H and O–H groups in total. The fraction of sp³-hybridized carbons (Fsp3) is 1.00. The van der Waals surface area contributed by atoms with Crippen molar-refractivity contribution in [3.05, 3.63) is 0 Å². The Balaban J connectivity index is 1.96. The summed E-state index contributed by atoms with van der Waals surface area (Å²) in [4.78, 5) is 0.